The van der Waals surface area contributed by atoms with E-state index in [0.29, 0.717) is 0 Å². The van der Waals surface area contributed by atoms with Crippen LogP contribution in [0.2, 0.25) is 0 Å². The molecule has 0 radical (unpaired) electrons. The zero-order valence-electron chi connectivity index (χ0n) is 75.0. The van der Waals surface area contributed by atoms with Gasteiger partial charge in [0.1, 0.15) is 22.3 Å². The van der Waals surface area contributed by atoms with Gasteiger partial charge < -0.3 is 36.9 Å². The van der Waals surface area contributed by atoms with Gasteiger partial charge in [-0.2, -0.15) is 0 Å². The topological polar surface area (TPSA) is 52.5 Å². The van der Waals surface area contributed by atoms with E-state index in [0.717, 1.165) is 140 Å². The van der Waals surface area contributed by atoms with Gasteiger partial charge >= 0.3 is 0 Å². The Morgan fingerprint density at radius 3 is 0.877 bits per heavy atom. The van der Waals surface area contributed by atoms with Gasteiger partial charge in [0.25, 0.3) is 0 Å². The number of hydrogen-bond acceptors (Lipinski definition) is 4. The average molecular weight is 1760 g/mol. The minimum Gasteiger partial charge on any atom is -0.456 e. The maximum absolute atomic E-state index is 6.39. The maximum Gasteiger partial charge on any atom is 0.143 e. The molecule has 0 N–H and O–H groups in total. The number of rotatable bonds is 15. The van der Waals surface area contributed by atoms with Crippen molar-refractivity contribution in [3.05, 3.63) is 510 Å². The first-order chi connectivity index (χ1) is 68.4. The highest BCUT2D eigenvalue weighted by molar-refractivity contribution is 6.15. The van der Waals surface area contributed by atoms with Crippen LogP contribution in [-0.4, -0.2) is 18.3 Å². The third-order valence-electron chi connectivity index (χ3n) is 28.0. The van der Waals surface area contributed by atoms with Crippen LogP contribution in [0.15, 0.2) is 518 Å². The molecule has 28 aromatic rings. The number of benzene rings is 22. The predicted molar refractivity (Wildman–Crippen MR) is 579 cm³/mol. The molecule has 0 amide bonds. The molecule has 0 aliphatic rings. The summed E-state index contributed by atoms with van der Waals surface area (Å²) in [7, 11) is 0. The molecule has 0 unspecified atom stereocenters. The van der Waals surface area contributed by atoms with Crippen molar-refractivity contribution in [2.45, 2.75) is 0 Å². The number of hydrogen-bond donors (Lipinski definition) is 0. The van der Waals surface area contributed by atoms with Crippen molar-refractivity contribution in [1.82, 2.24) is 18.3 Å². The molecule has 0 spiro atoms. The number of nitrogens with zero attached hydrogens (tertiary/aromatic N) is 6. The molecule has 646 valence electrons. The van der Waals surface area contributed by atoms with Crippen molar-refractivity contribution in [3.63, 3.8) is 0 Å². The van der Waals surface area contributed by atoms with Crippen LogP contribution in [0.5, 0.6) is 0 Å². The highest BCUT2D eigenvalue weighted by atomic mass is 16.3. The Bertz CT molecular complexity index is 9510. The second-order valence-corrected chi connectivity index (χ2v) is 35.8. The van der Waals surface area contributed by atoms with E-state index in [1.165, 1.54) is 115 Å². The summed E-state index contributed by atoms with van der Waals surface area (Å²) in [6.07, 6.45) is 0. The van der Waals surface area contributed by atoms with Crippen molar-refractivity contribution in [2.75, 3.05) is 9.80 Å². The van der Waals surface area contributed by atoms with Gasteiger partial charge in [0, 0.05) is 127 Å². The zero-order chi connectivity index (χ0) is 90.8. The predicted octanol–water partition coefficient (Wildman–Crippen LogP) is 36.0. The smallest absolute Gasteiger partial charge is 0.143 e. The minimum atomic E-state index is 0.901. The van der Waals surface area contributed by atoms with E-state index in [9.17, 15) is 0 Å². The summed E-state index contributed by atoms with van der Waals surface area (Å²) in [6, 6.07) is 184. The normalized spacial score (nSPS) is 11.8. The minimum absolute atomic E-state index is 0.901. The zero-order valence-corrected chi connectivity index (χ0v) is 75.0. The number of furan rings is 2. The number of para-hydroxylation sites is 11. The fraction of sp³-hybridized carbons (Fsp3) is 0. The molecule has 0 fully saturated rings. The van der Waals surface area contributed by atoms with Crippen molar-refractivity contribution >= 4 is 176 Å². The monoisotopic (exact) mass is 1760 g/mol. The van der Waals surface area contributed by atoms with E-state index in [2.05, 4.69) is 513 Å². The van der Waals surface area contributed by atoms with Crippen molar-refractivity contribution < 1.29 is 8.83 Å². The van der Waals surface area contributed by atoms with Crippen molar-refractivity contribution in [3.8, 4) is 78.4 Å². The molecule has 138 heavy (non-hydrogen) atoms. The molecule has 28 rings (SSSR count). The molecule has 0 atom stereocenters. The van der Waals surface area contributed by atoms with Gasteiger partial charge in [0.2, 0.25) is 0 Å². The summed E-state index contributed by atoms with van der Waals surface area (Å²) >= 11 is 0. The van der Waals surface area contributed by atoms with Gasteiger partial charge in [-0.25, -0.2) is 0 Å². The number of fused-ring (bicyclic) bond motifs is 19. The maximum atomic E-state index is 6.39. The van der Waals surface area contributed by atoms with E-state index < -0.39 is 0 Å². The molecule has 8 nitrogen and oxygen atoms in total. The molecule has 22 aromatic carbocycles. The van der Waals surface area contributed by atoms with Gasteiger partial charge in [0.05, 0.1) is 44.1 Å². The summed E-state index contributed by atoms with van der Waals surface area (Å²) in [6.45, 7) is 0. The Morgan fingerprint density at radius 2 is 0.420 bits per heavy atom. The van der Waals surface area contributed by atoms with Crippen LogP contribution in [0.25, 0.3) is 220 Å². The van der Waals surface area contributed by atoms with Crippen LogP contribution in [0.1, 0.15) is 0 Å². The third kappa shape index (κ3) is 13.4. The van der Waals surface area contributed by atoms with Crippen molar-refractivity contribution in [1.29, 1.82) is 0 Å². The summed E-state index contributed by atoms with van der Waals surface area (Å²) in [5.74, 6) is 0. The quantitative estimate of drug-likeness (QED) is 0.103. The van der Waals surface area contributed by atoms with Gasteiger partial charge in [-0.3, -0.25) is 0 Å². The van der Waals surface area contributed by atoms with Gasteiger partial charge in [-0.05, 0) is 261 Å². The largest absolute Gasteiger partial charge is 0.456 e. The molecule has 6 aromatic heterocycles. The Morgan fingerprint density at radius 1 is 0.145 bits per heavy atom. The van der Waals surface area contributed by atoms with E-state index in [4.69, 9.17) is 8.83 Å². The van der Waals surface area contributed by atoms with Gasteiger partial charge in [-0.1, -0.05) is 309 Å². The molecular weight excluding hydrogens is 1680 g/mol. The summed E-state index contributed by atoms with van der Waals surface area (Å²) in [4.78, 5) is 4.73. The lowest BCUT2D eigenvalue weighted by atomic mass is 9.98. The first kappa shape index (κ1) is 79.3. The van der Waals surface area contributed by atoms with E-state index in [1.54, 1.807) is 0 Å². The Kier molecular flexibility index (Phi) is 18.8. The fourth-order valence-electron chi connectivity index (χ4n) is 21.5. The lowest BCUT2D eigenvalue weighted by molar-refractivity contribution is 0.669. The van der Waals surface area contributed by atoms with Crippen LogP contribution >= 0.6 is 0 Å². The lowest BCUT2D eigenvalue weighted by Gasteiger charge is -2.26. The molecule has 0 aliphatic heterocycles. The summed E-state index contributed by atoms with van der Waals surface area (Å²) in [5.41, 5.74) is 35.8. The second-order valence-electron chi connectivity index (χ2n) is 35.8. The summed E-state index contributed by atoms with van der Waals surface area (Å²) in [5, 5.41) is 16.9. The van der Waals surface area contributed by atoms with Crippen LogP contribution in [-0.2, 0) is 0 Å². The van der Waals surface area contributed by atoms with Crippen LogP contribution in [0, 0.1) is 0 Å². The molecule has 0 bridgehead atoms. The molecule has 0 saturated carbocycles. The Labute approximate surface area is 795 Å². The highest BCUT2D eigenvalue weighted by Gasteiger charge is 2.24. The lowest BCUT2D eigenvalue weighted by Crippen LogP contribution is -2.10. The Balaban J connectivity index is 0.000000139. The van der Waals surface area contributed by atoms with Crippen LogP contribution < -0.4 is 9.80 Å². The van der Waals surface area contributed by atoms with Gasteiger partial charge in [0.15, 0.2) is 0 Å². The average Bonchev–Trinajstić information content (AvgIpc) is 1.62. The molecular formula is C130H84N6O2. The first-order valence-corrected chi connectivity index (χ1v) is 47.1. The highest BCUT2D eigenvalue weighted by Crippen LogP contribution is 2.47. The van der Waals surface area contributed by atoms with Crippen molar-refractivity contribution in [2.24, 2.45) is 0 Å². The van der Waals surface area contributed by atoms with Gasteiger partial charge in [-0.15, -0.1) is 0 Å². The SMILES string of the molecule is c1ccc(-n2c3ccccc3c3ccc(-c4ccc(N(c5ccc(-c6ccc(-c7cccc8c7oc7ccccc78)cc6)cc5)c5ccc(-n6c7ccccc7c7ccccc76)cc5)cc4)cc32)cc1.c1ccc(-n2c3ccccc3c3ccc(-c4ccc5cc(N(c6ccc(-c7ccc8oc9ccccc9c8c7)cc6)c6ccc(-n7c8ccccc8c8ccccc87)cc6)ccc5c4)cc32)cc1. The molecule has 8 heteroatoms. The molecule has 0 aliphatic carbocycles. The van der Waals surface area contributed by atoms with E-state index >= 15 is 0 Å². The fourth-order valence-corrected chi connectivity index (χ4v) is 21.5. The van der Waals surface area contributed by atoms with Crippen LogP contribution in [0.3, 0.4) is 0 Å². The number of aromatic nitrogens is 4. The van der Waals surface area contributed by atoms with Crippen LogP contribution in [0.4, 0.5) is 34.1 Å². The third-order valence-corrected chi connectivity index (χ3v) is 28.0. The standard InChI is InChI=1S/C66H43N3O.C64H41N3O/c1-2-13-49(14-3-1)69-63-23-10-6-17-57(63)58-42-33-48(43-64(58)69)46-31-36-51(37-32-46)67(52-38-40-53(41-39-52)68-61-21-8-4-15-55(61)56-16-5-9-22-62(56)68)50-34-29-45(30-35-50)44-25-27-47(28-26-44)54-19-12-20-60-59-18-7-11-24-65(59)70-66(54)60;1-2-12-48(13-3-1)67-61-20-10-6-16-55(61)56-36-27-47(41-62(56)67)43-22-23-45-39-52(31-26-44(45)38-43)65(49-29-24-42(25-30-49)46-28-37-64-58(40-46)57-17-7-11-21-63(57)68-64)50-32-34-51(35-33-50)66-59-18-8-4-14-53(59)54-15-5-9-19-60(54)66/h1-43H;1-41H. The molecule has 0 saturated heterocycles. The second kappa shape index (κ2) is 32.8. The van der Waals surface area contributed by atoms with E-state index in [1.807, 2.05) is 24.3 Å². The number of anilines is 6. The first-order valence-electron chi connectivity index (χ1n) is 47.1. The van der Waals surface area contributed by atoms with E-state index in [-0.39, 0.29) is 0 Å². The molecule has 6 heterocycles. The summed E-state index contributed by atoms with van der Waals surface area (Å²) < 4.78 is 22.1. The Hall–Kier alpha value is -18.5.